The fourth-order valence-electron chi connectivity index (χ4n) is 1.50. The third-order valence-electron chi connectivity index (χ3n) is 2.29. The Kier molecular flexibility index (Phi) is 2.46. The van der Waals surface area contributed by atoms with E-state index in [1.165, 1.54) is 22.9 Å². The van der Waals surface area contributed by atoms with E-state index in [9.17, 15) is 4.79 Å². The fraction of sp³-hybridized carbons (Fsp3) is 0. The van der Waals surface area contributed by atoms with Gasteiger partial charge in [-0.15, -0.1) is 15.3 Å². The second-order valence-electron chi connectivity index (χ2n) is 3.38. The highest BCUT2D eigenvalue weighted by Gasteiger charge is 2.15. The zero-order valence-corrected chi connectivity index (χ0v) is 10.2. The molecule has 1 N–H and O–H groups in total. The molecular weight excluding hydrogens is 278 g/mol. The molecule has 90 valence electrons. The molecule has 0 radical (unpaired) electrons. The third-order valence-corrected chi connectivity index (χ3v) is 3.23. The summed E-state index contributed by atoms with van der Waals surface area (Å²) >= 11 is 7.11. The Balaban J connectivity index is 2.32. The number of fused-ring (bicyclic) bond motifs is 1. The number of rotatable bonds is 2. The van der Waals surface area contributed by atoms with Crippen LogP contribution in [0.15, 0.2) is 18.5 Å². The molecule has 18 heavy (non-hydrogen) atoms. The van der Waals surface area contributed by atoms with Gasteiger partial charge in [0.15, 0.2) is 11.5 Å². The standard InChI is InChI=1S/C9H4ClN5O2S/c10-5-1-4(9(16)17)3-15-7(5)12-13-8(15)6-2-11-14-18-6/h1-3H,(H,16,17). The molecule has 9 heteroatoms. The van der Waals surface area contributed by atoms with Crippen LogP contribution in [0.5, 0.6) is 0 Å². The number of carbonyl (C=O) groups is 1. The van der Waals surface area contributed by atoms with Gasteiger partial charge in [0.05, 0.1) is 16.8 Å². The molecule has 0 aromatic carbocycles. The van der Waals surface area contributed by atoms with E-state index in [0.29, 0.717) is 16.3 Å². The first kappa shape index (κ1) is 11.1. The zero-order valence-electron chi connectivity index (χ0n) is 8.61. The van der Waals surface area contributed by atoms with Crippen molar-refractivity contribution in [2.75, 3.05) is 0 Å². The third kappa shape index (κ3) is 1.62. The number of hydrogen-bond acceptors (Lipinski definition) is 6. The molecule has 0 amide bonds. The minimum atomic E-state index is -1.07. The Hall–Kier alpha value is -2.06. The smallest absolute Gasteiger partial charge is 0.337 e. The van der Waals surface area contributed by atoms with Crippen molar-refractivity contribution in [2.45, 2.75) is 0 Å². The van der Waals surface area contributed by atoms with Crippen LogP contribution in [-0.4, -0.2) is 35.3 Å². The molecule has 0 saturated carbocycles. The largest absolute Gasteiger partial charge is 0.478 e. The maximum atomic E-state index is 11.0. The predicted molar refractivity (Wildman–Crippen MR) is 63.9 cm³/mol. The minimum Gasteiger partial charge on any atom is -0.478 e. The molecule has 3 aromatic rings. The average Bonchev–Trinajstić information content (AvgIpc) is 2.96. The molecule has 0 aliphatic carbocycles. The number of nitrogens with zero attached hydrogens (tertiary/aromatic N) is 5. The van der Waals surface area contributed by atoms with Gasteiger partial charge in [-0.3, -0.25) is 4.40 Å². The van der Waals surface area contributed by atoms with Gasteiger partial charge in [-0.1, -0.05) is 16.1 Å². The lowest BCUT2D eigenvalue weighted by molar-refractivity contribution is 0.0696. The number of aromatic nitrogens is 5. The van der Waals surface area contributed by atoms with Gasteiger partial charge in [0.25, 0.3) is 0 Å². The molecule has 0 fully saturated rings. The summed E-state index contributed by atoms with van der Waals surface area (Å²) < 4.78 is 5.24. The minimum absolute atomic E-state index is 0.0611. The van der Waals surface area contributed by atoms with E-state index in [0.717, 1.165) is 11.5 Å². The van der Waals surface area contributed by atoms with Gasteiger partial charge < -0.3 is 5.11 Å². The number of pyridine rings is 1. The van der Waals surface area contributed by atoms with E-state index in [-0.39, 0.29) is 10.6 Å². The number of carboxylic acid groups (broad SMARTS) is 1. The topological polar surface area (TPSA) is 93.3 Å². The summed E-state index contributed by atoms with van der Waals surface area (Å²) in [5.41, 5.74) is 0.455. The van der Waals surface area contributed by atoms with Crippen LogP contribution in [0.4, 0.5) is 0 Å². The highest BCUT2D eigenvalue weighted by Crippen LogP contribution is 2.25. The van der Waals surface area contributed by atoms with E-state index < -0.39 is 5.97 Å². The van der Waals surface area contributed by atoms with Crippen molar-refractivity contribution in [3.63, 3.8) is 0 Å². The molecule has 0 atom stereocenters. The summed E-state index contributed by atoms with van der Waals surface area (Å²) in [5.74, 6) is -0.606. The predicted octanol–water partition coefficient (Wildman–Crippen LogP) is 1.60. The lowest BCUT2D eigenvalue weighted by Gasteiger charge is -2.00. The second kappa shape index (κ2) is 4.00. The number of hydrogen-bond donors (Lipinski definition) is 1. The summed E-state index contributed by atoms with van der Waals surface area (Å²) in [4.78, 5) is 11.7. The van der Waals surface area contributed by atoms with Crippen LogP contribution in [-0.2, 0) is 0 Å². The van der Waals surface area contributed by atoms with Gasteiger partial charge in [0, 0.05) is 6.20 Å². The Bertz CT molecular complexity index is 739. The SMILES string of the molecule is O=C(O)c1cc(Cl)c2nnc(-c3cnns3)n2c1. The summed E-state index contributed by atoms with van der Waals surface area (Å²) in [5, 5.41) is 20.8. The fourth-order valence-corrected chi connectivity index (χ4v) is 2.25. The van der Waals surface area contributed by atoms with Crippen molar-refractivity contribution in [3.8, 4) is 10.7 Å². The normalized spacial score (nSPS) is 10.9. The van der Waals surface area contributed by atoms with Crippen molar-refractivity contribution < 1.29 is 9.90 Å². The van der Waals surface area contributed by atoms with Crippen LogP contribution < -0.4 is 0 Å². The van der Waals surface area contributed by atoms with Gasteiger partial charge in [-0.25, -0.2) is 4.79 Å². The Morgan fingerprint density at radius 2 is 2.28 bits per heavy atom. The first-order valence-corrected chi connectivity index (χ1v) is 5.87. The molecule has 3 heterocycles. The first-order valence-electron chi connectivity index (χ1n) is 4.72. The van der Waals surface area contributed by atoms with Crippen molar-refractivity contribution in [1.29, 1.82) is 0 Å². The van der Waals surface area contributed by atoms with Crippen molar-refractivity contribution in [2.24, 2.45) is 0 Å². The van der Waals surface area contributed by atoms with Crippen LogP contribution in [0.1, 0.15) is 10.4 Å². The molecule has 3 rings (SSSR count). The number of aromatic carboxylic acids is 1. The molecule has 0 aliphatic rings. The van der Waals surface area contributed by atoms with Gasteiger partial charge in [-0.05, 0) is 17.6 Å². The quantitative estimate of drug-likeness (QED) is 0.767. The monoisotopic (exact) mass is 281 g/mol. The number of halogens is 1. The van der Waals surface area contributed by atoms with E-state index >= 15 is 0 Å². The first-order chi connectivity index (χ1) is 8.66. The molecule has 0 saturated heterocycles. The summed E-state index contributed by atoms with van der Waals surface area (Å²) in [6.45, 7) is 0. The maximum absolute atomic E-state index is 11.0. The van der Waals surface area contributed by atoms with Gasteiger partial charge >= 0.3 is 5.97 Å². The molecule has 0 spiro atoms. The number of carboxylic acids is 1. The molecule has 0 unspecified atom stereocenters. The van der Waals surface area contributed by atoms with Gasteiger partial charge in [0.2, 0.25) is 0 Å². The summed E-state index contributed by atoms with van der Waals surface area (Å²) in [7, 11) is 0. The maximum Gasteiger partial charge on any atom is 0.337 e. The van der Waals surface area contributed by atoms with Crippen LogP contribution in [0.2, 0.25) is 5.02 Å². The zero-order chi connectivity index (χ0) is 12.7. The average molecular weight is 282 g/mol. The lowest BCUT2D eigenvalue weighted by Crippen LogP contribution is -2.00. The lowest BCUT2D eigenvalue weighted by atomic mass is 10.3. The van der Waals surface area contributed by atoms with E-state index in [2.05, 4.69) is 19.8 Å². The molecule has 0 bridgehead atoms. The molecule has 3 aromatic heterocycles. The second-order valence-corrected chi connectivity index (χ2v) is 4.57. The Morgan fingerprint density at radius 1 is 1.44 bits per heavy atom. The molecular formula is C9H4ClN5O2S. The van der Waals surface area contributed by atoms with Crippen LogP contribution in [0, 0.1) is 0 Å². The van der Waals surface area contributed by atoms with Crippen LogP contribution in [0.3, 0.4) is 0 Å². The van der Waals surface area contributed by atoms with E-state index in [1.54, 1.807) is 0 Å². The van der Waals surface area contributed by atoms with Gasteiger partial charge in [-0.2, -0.15) is 0 Å². The van der Waals surface area contributed by atoms with Crippen molar-refractivity contribution >= 4 is 34.7 Å². The van der Waals surface area contributed by atoms with Gasteiger partial charge in [0.1, 0.15) is 4.88 Å². The molecule has 0 aliphatic heterocycles. The van der Waals surface area contributed by atoms with Crippen LogP contribution in [0.25, 0.3) is 16.3 Å². The summed E-state index contributed by atoms with van der Waals surface area (Å²) in [6, 6.07) is 1.34. The highest BCUT2D eigenvalue weighted by atomic mass is 35.5. The molecule has 7 nitrogen and oxygen atoms in total. The van der Waals surface area contributed by atoms with Crippen molar-refractivity contribution in [1.82, 2.24) is 24.2 Å². The van der Waals surface area contributed by atoms with E-state index in [1.807, 2.05) is 0 Å². The summed E-state index contributed by atoms with van der Waals surface area (Å²) in [6.07, 6.45) is 2.95. The van der Waals surface area contributed by atoms with Crippen molar-refractivity contribution in [3.05, 3.63) is 29.0 Å². The Morgan fingerprint density at radius 3 is 2.94 bits per heavy atom. The van der Waals surface area contributed by atoms with Crippen LogP contribution >= 0.6 is 23.1 Å². The highest BCUT2D eigenvalue weighted by molar-refractivity contribution is 7.09. The van der Waals surface area contributed by atoms with E-state index in [4.69, 9.17) is 16.7 Å². The Labute approximate surface area is 109 Å².